The lowest BCUT2D eigenvalue weighted by atomic mass is 10.2. The van der Waals surface area contributed by atoms with E-state index in [1.165, 1.54) is 11.8 Å². The molecule has 2 nitrogen and oxygen atoms in total. The Bertz CT molecular complexity index is 88.9. The fourth-order valence-electron chi connectivity index (χ4n) is 0.232. The molecule has 0 rings (SSSR count). The Hall–Kier alpha value is -0.200. The maximum absolute atomic E-state index is 8.44. The minimum atomic E-state index is 0.175. The number of nitriles is 1. The van der Waals surface area contributed by atoms with Crippen molar-refractivity contribution in [2.24, 2.45) is 5.92 Å². The largest absolute Gasteiger partial charge is 0.396 e. The van der Waals surface area contributed by atoms with E-state index in [9.17, 15) is 0 Å². The van der Waals surface area contributed by atoms with E-state index in [2.05, 4.69) is 0 Å². The lowest BCUT2D eigenvalue weighted by molar-refractivity contribution is 0.250. The van der Waals surface area contributed by atoms with Gasteiger partial charge in [0.25, 0.3) is 0 Å². The molecule has 0 saturated carbocycles. The fraction of sp³-hybridized carbons (Fsp3) is 0.800. The van der Waals surface area contributed by atoms with Gasteiger partial charge >= 0.3 is 0 Å². The summed E-state index contributed by atoms with van der Waals surface area (Å²) in [5.74, 6) is 0.979. The molecule has 1 unspecified atom stereocenters. The average Bonchev–Trinajstić information content (AvgIpc) is 1.83. The Balaban J connectivity index is 3.01. The molecule has 0 heterocycles. The van der Waals surface area contributed by atoms with Gasteiger partial charge in [0.1, 0.15) is 5.40 Å². The van der Waals surface area contributed by atoms with Gasteiger partial charge in [-0.2, -0.15) is 5.26 Å². The lowest BCUT2D eigenvalue weighted by Crippen LogP contribution is -2.02. The first-order valence-electron chi connectivity index (χ1n) is 2.43. The van der Waals surface area contributed by atoms with Crippen molar-refractivity contribution >= 4 is 11.8 Å². The van der Waals surface area contributed by atoms with Crippen LogP contribution in [0.1, 0.15) is 6.92 Å². The summed E-state index contributed by atoms with van der Waals surface area (Å²) >= 11 is 1.19. The Morgan fingerprint density at radius 1 is 1.88 bits per heavy atom. The van der Waals surface area contributed by atoms with Crippen LogP contribution in [0.4, 0.5) is 0 Å². The van der Waals surface area contributed by atoms with Gasteiger partial charge in [-0.25, -0.2) is 0 Å². The summed E-state index contributed by atoms with van der Waals surface area (Å²) in [5.41, 5.74) is 0. The summed E-state index contributed by atoms with van der Waals surface area (Å²) < 4.78 is 0. The predicted molar refractivity (Wildman–Crippen MR) is 34.3 cm³/mol. The summed E-state index contributed by atoms with van der Waals surface area (Å²) in [6.07, 6.45) is 0. The molecule has 0 amide bonds. The van der Waals surface area contributed by atoms with Gasteiger partial charge in [-0.15, -0.1) is 0 Å². The Morgan fingerprint density at radius 2 is 2.50 bits per heavy atom. The van der Waals surface area contributed by atoms with E-state index in [4.69, 9.17) is 10.4 Å². The van der Waals surface area contributed by atoms with E-state index >= 15 is 0 Å². The molecule has 0 bridgehead atoms. The van der Waals surface area contributed by atoms with Crippen molar-refractivity contribution in [3.05, 3.63) is 0 Å². The summed E-state index contributed by atoms with van der Waals surface area (Å²) in [7, 11) is 0. The molecule has 0 aromatic carbocycles. The van der Waals surface area contributed by atoms with E-state index in [0.717, 1.165) is 5.75 Å². The van der Waals surface area contributed by atoms with E-state index in [0.29, 0.717) is 0 Å². The number of rotatable bonds is 3. The molecule has 0 aliphatic carbocycles. The molecule has 46 valence electrons. The minimum absolute atomic E-state index is 0.175. The van der Waals surface area contributed by atoms with E-state index in [1.54, 1.807) is 0 Å². The van der Waals surface area contributed by atoms with E-state index in [1.807, 2.05) is 12.3 Å². The van der Waals surface area contributed by atoms with Gasteiger partial charge < -0.3 is 5.11 Å². The number of hydrogen-bond acceptors (Lipinski definition) is 3. The first-order chi connectivity index (χ1) is 3.81. The van der Waals surface area contributed by atoms with Crippen molar-refractivity contribution in [3.8, 4) is 5.40 Å². The zero-order chi connectivity index (χ0) is 6.41. The monoisotopic (exact) mass is 131 g/mol. The molecule has 0 spiro atoms. The van der Waals surface area contributed by atoms with Crippen LogP contribution in [0, 0.1) is 16.6 Å². The maximum atomic E-state index is 8.44. The number of thiocyanates is 1. The minimum Gasteiger partial charge on any atom is -0.396 e. The molecule has 3 heteroatoms. The van der Waals surface area contributed by atoms with Crippen LogP contribution in [0.15, 0.2) is 0 Å². The van der Waals surface area contributed by atoms with Crippen molar-refractivity contribution in [3.63, 3.8) is 0 Å². The quantitative estimate of drug-likeness (QED) is 0.577. The molecule has 8 heavy (non-hydrogen) atoms. The molecule has 0 aromatic heterocycles. The van der Waals surface area contributed by atoms with Gasteiger partial charge in [0.05, 0.1) is 0 Å². The maximum Gasteiger partial charge on any atom is 0.133 e. The van der Waals surface area contributed by atoms with Crippen molar-refractivity contribution in [2.45, 2.75) is 6.92 Å². The van der Waals surface area contributed by atoms with Crippen molar-refractivity contribution < 1.29 is 5.11 Å². The van der Waals surface area contributed by atoms with Gasteiger partial charge in [0.15, 0.2) is 0 Å². The third kappa shape index (κ3) is 3.97. The number of thioether (sulfide) groups is 1. The second kappa shape index (κ2) is 4.95. The van der Waals surface area contributed by atoms with Crippen LogP contribution in [-0.2, 0) is 0 Å². The molecule has 0 fully saturated rings. The topological polar surface area (TPSA) is 44.0 Å². The van der Waals surface area contributed by atoms with Crippen LogP contribution in [0.3, 0.4) is 0 Å². The highest BCUT2D eigenvalue weighted by Gasteiger charge is 1.96. The summed E-state index contributed by atoms with van der Waals surface area (Å²) in [4.78, 5) is 0. The van der Waals surface area contributed by atoms with Gasteiger partial charge in [-0.3, -0.25) is 0 Å². The standard InChI is InChI=1S/C5H9NOS/c1-5(2-7)3-8-4-6/h5,7H,2-3H2,1H3. The Morgan fingerprint density at radius 3 is 2.88 bits per heavy atom. The molecule has 0 radical (unpaired) electrons. The van der Waals surface area contributed by atoms with Crippen LogP contribution in [-0.4, -0.2) is 17.5 Å². The summed E-state index contributed by atoms with van der Waals surface area (Å²) in [6, 6.07) is 0. The molecule has 0 aliphatic heterocycles. The second-order valence-corrected chi connectivity index (χ2v) is 2.49. The smallest absolute Gasteiger partial charge is 0.133 e. The van der Waals surface area contributed by atoms with E-state index < -0.39 is 0 Å². The number of aliphatic hydroxyl groups is 1. The molecule has 1 N–H and O–H groups in total. The van der Waals surface area contributed by atoms with Gasteiger partial charge in [0.2, 0.25) is 0 Å². The summed E-state index contributed by atoms with van der Waals surface area (Å²) in [6.45, 7) is 2.08. The number of hydrogen-bond donors (Lipinski definition) is 1. The molecule has 0 saturated heterocycles. The third-order valence-corrected chi connectivity index (χ3v) is 1.61. The first kappa shape index (κ1) is 7.80. The number of nitrogens with zero attached hydrogens (tertiary/aromatic N) is 1. The zero-order valence-corrected chi connectivity index (χ0v) is 5.61. The van der Waals surface area contributed by atoms with Gasteiger partial charge in [0, 0.05) is 12.4 Å². The van der Waals surface area contributed by atoms with Crippen molar-refractivity contribution in [1.82, 2.24) is 0 Å². The highest BCUT2D eigenvalue weighted by atomic mass is 32.2. The van der Waals surface area contributed by atoms with Crippen molar-refractivity contribution in [2.75, 3.05) is 12.4 Å². The average molecular weight is 131 g/mol. The van der Waals surface area contributed by atoms with Crippen LogP contribution in [0.25, 0.3) is 0 Å². The van der Waals surface area contributed by atoms with Crippen LogP contribution >= 0.6 is 11.8 Å². The highest BCUT2D eigenvalue weighted by molar-refractivity contribution is 8.03. The zero-order valence-electron chi connectivity index (χ0n) is 4.79. The van der Waals surface area contributed by atoms with Crippen LogP contribution < -0.4 is 0 Å². The van der Waals surface area contributed by atoms with Gasteiger partial charge in [-0.1, -0.05) is 6.92 Å². The van der Waals surface area contributed by atoms with Crippen LogP contribution in [0.2, 0.25) is 0 Å². The number of aliphatic hydroxyl groups excluding tert-OH is 1. The SMILES string of the molecule is CC(CO)CSC#N. The lowest BCUT2D eigenvalue weighted by Gasteiger charge is -1.99. The highest BCUT2D eigenvalue weighted by Crippen LogP contribution is 2.04. The van der Waals surface area contributed by atoms with E-state index in [-0.39, 0.29) is 12.5 Å². The predicted octanol–water partition coefficient (Wildman–Crippen LogP) is 0.829. The Kier molecular flexibility index (Phi) is 4.82. The molecule has 0 aromatic rings. The molecule has 0 aliphatic rings. The summed E-state index contributed by atoms with van der Waals surface area (Å²) in [5, 5.41) is 18.4. The van der Waals surface area contributed by atoms with Crippen molar-refractivity contribution in [1.29, 1.82) is 5.26 Å². The molecular weight excluding hydrogens is 122 g/mol. The fourth-order valence-corrected chi connectivity index (χ4v) is 0.697. The van der Waals surface area contributed by atoms with Crippen LogP contribution in [0.5, 0.6) is 0 Å². The molecule has 1 atom stereocenters. The normalized spacial score (nSPS) is 12.6. The molecular formula is C5H9NOS. The first-order valence-corrected chi connectivity index (χ1v) is 3.41. The Labute approximate surface area is 53.5 Å². The third-order valence-electron chi connectivity index (χ3n) is 0.744. The second-order valence-electron chi connectivity index (χ2n) is 1.69. The van der Waals surface area contributed by atoms with Gasteiger partial charge in [-0.05, 0) is 17.7 Å².